The van der Waals surface area contributed by atoms with E-state index in [4.69, 9.17) is 5.11 Å². The Morgan fingerprint density at radius 2 is 1.94 bits per heavy atom. The molecule has 0 saturated heterocycles. The van der Waals surface area contributed by atoms with E-state index in [0.29, 0.717) is 11.1 Å². The maximum atomic E-state index is 13.6. The molecule has 0 spiro atoms. The largest absolute Gasteiger partial charge is 0.478 e. The molecule has 0 atom stereocenters. The summed E-state index contributed by atoms with van der Waals surface area (Å²) in [6.45, 7) is 1.87. The summed E-state index contributed by atoms with van der Waals surface area (Å²) < 4.78 is 13.6. The third-order valence-corrected chi connectivity index (χ3v) is 2.54. The number of halogens is 1. The van der Waals surface area contributed by atoms with Crippen LogP contribution in [0.2, 0.25) is 0 Å². The van der Waals surface area contributed by atoms with Gasteiger partial charge in [-0.1, -0.05) is 23.8 Å². The zero-order chi connectivity index (χ0) is 12.4. The van der Waals surface area contributed by atoms with Gasteiger partial charge in [-0.2, -0.15) is 0 Å². The highest BCUT2D eigenvalue weighted by Crippen LogP contribution is 2.24. The maximum Gasteiger partial charge on any atom is 0.335 e. The zero-order valence-electron chi connectivity index (χ0n) is 9.27. The highest BCUT2D eigenvalue weighted by Gasteiger charge is 2.08. The minimum absolute atomic E-state index is 0.156. The number of rotatable bonds is 2. The number of benzene rings is 2. The van der Waals surface area contributed by atoms with Gasteiger partial charge in [0.25, 0.3) is 0 Å². The predicted octanol–water partition coefficient (Wildman–Crippen LogP) is 3.50. The van der Waals surface area contributed by atoms with Gasteiger partial charge in [-0.05, 0) is 36.8 Å². The van der Waals surface area contributed by atoms with E-state index in [-0.39, 0.29) is 11.4 Å². The van der Waals surface area contributed by atoms with Gasteiger partial charge in [0, 0.05) is 5.56 Å². The van der Waals surface area contributed by atoms with Crippen molar-refractivity contribution in [2.75, 3.05) is 0 Å². The van der Waals surface area contributed by atoms with E-state index in [1.165, 1.54) is 18.2 Å². The van der Waals surface area contributed by atoms with Crippen LogP contribution >= 0.6 is 0 Å². The summed E-state index contributed by atoms with van der Waals surface area (Å²) in [7, 11) is 0. The van der Waals surface area contributed by atoms with Gasteiger partial charge in [0.15, 0.2) is 0 Å². The summed E-state index contributed by atoms with van der Waals surface area (Å²) in [5, 5.41) is 8.89. The SMILES string of the molecule is Cc1ccc(F)c(-c2cccc(C(=O)O)c2)c1. The quantitative estimate of drug-likeness (QED) is 0.857. The number of hydrogen-bond acceptors (Lipinski definition) is 1. The molecule has 0 aromatic heterocycles. The van der Waals surface area contributed by atoms with Gasteiger partial charge in [0.2, 0.25) is 0 Å². The van der Waals surface area contributed by atoms with Crippen LogP contribution in [-0.2, 0) is 0 Å². The van der Waals surface area contributed by atoms with Crippen LogP contribution in [0.1, 0.15) is 15.9 Å². The molecule has 0 radical (unpaired) electrons. The fraction of sp³-hybridized carbons (Fsp3) is 0.0714. The molecular weight excluding hydrogens is 219 g/mol. The Morgan fingerprint density at radius 1 is 1.18 bits per heavy atom. The van der Waals surface area contributed by atoms with Crippen LogP contribution in [-0.4, -0.2) is 11.1 Å². The lowest BCUT2D eigenvalue weighted by Gasteiger charge is -2.05. The number of aromatic carboxylic acids is 1. The molecule has 0 amide bonds. The van der Waals surface area contributed by atoms with Crippen molar-refractivity contribution in [1.82, 2.24) is 0 Å². The predicted molar refractivity (Wildman–Crippen MR) is 63.5 cm³/mol. The molecule has 0 saturated carbocycles. The van der Waals surface area contributed by atoms with Crippen molar-refractivity contribution >= 4 is 5.97 Å². The van der Waals surface area contributed by atoms with Crippen molar-refractivity contribution in [1.29, 1.82) is 0 Å². The van der Waals surface area contributed by atoms with Crippen molar-refractivity contribution in [3.05, 3.63) is 59.4 Å². The second kappa shape index (κ2) is 4.37. The van der Waals surface area contributed by atoms with Crippen molar-refractivity contribution in [2.24, 2.45) is 0 Å². The van der Waals surface area contributed by atoms with E-state index in [2.05, 4.69) is 0 Å². The van der Waals surface area contributed by atoms with Crippen LogP contribution in [0.3, 0.4) is 0 Å². The smallest absolute Gasteiger partial charge is 0.335 e. The van der Waals surface area contributed by atoms with Gasteiger partial charge < -0.3 is 5.11 Å². The van der Waals surface area contributed by atoms with E-state index in [1.54, 1.807) is 24.3 Å². The molecule has 0 aliphatic carbocycles. The summed E-state index contributed by atoms with van der Waals surface area (Å²) in [6.07, 6.45) is 0. The highest BCUT2D eigenvalue weighted by atomic mass is 19.1. The minimum Gasteiger partial charge on any atom is -0.478 e. The van der Waals surface area contributed by atoms with Crippen LogP contribution in [0.25, 0.3) is 11.1 Å². The van der Waals surface area contributed by atoms with E-state index < -0.39 is 5.97 Å². The fourth-order valence-electron chi connectivity index (χ4n) is 1.68. The Morgan fingerprint density at radius 3 is 2.65 bits per heavy atom. The Bertz CT molecular complexity index is 576. The van der Waals surface area contributed by atoms with Crippen molar-refractivity contribution in [3.8, 4) is 11.1 Å². The summed E-state index contributed by atoms with van der Waals surface area (Å²) in [5.41, 5.74) is 2.09. The third-order valence-electron chi connectivity index (χ3n) is 2.54. The summed E-state index contributed by atoms with van der Waals surface area (Å²) in [4.78, 5) is 10.8. The van der Waals surface area contributed by atoms with Crippen molar-refractivity contribution in [3.63, 3.8) is 0 Å². The third kappa shape index (κ3) is 2.33. The second-order valence-electron chi connectivity index (χ2n) is 3.87. The zero-order valence-corrected chi connectivity index (χ0v) is 9.27. The van der Waals surface area contributed by atoms with E-state index in [0.717, 1.165) is 5.56 Å². The molecule has 2 rings (SSSR count). The van der Waals surface area contributed by atoms with Gasteiger partial charge in [0.05, 0.1) is 5.56 Å². The molecule has 3 heteroatoms. The molecule has 0 fully saturated rings. The fourth-order valence-corrected chi connectivity index (χ4v) is 1.68. The van der Waals surface area contributed by atoms with Gasteiger partial charge in [-0.25, -0.2) is 9.18 Å². The van der Waals surface area contributed by atoms with Crippen molar-refractivity contribution < 1.29 is 14.3 Å². The van der Waals surface area contributed by atoms with Gasteiger partial charge in [0.1, 0.15) is 5.82 Å². The first-order valence-corrected chi connectivity index (χ1v) is 5.18. The average molecular weight is 230 g/mol. The molecule has 0 aliphatic heterocycles. The molecule has 0 aliphatic rings. The molecule has 17 heavy (non-hydrogen) atoms. The van der Waals surface area contributed by atoms with Crippen LogP contribution in [0.5, 0.6) is 0 Å². The first-order valence-electron chi connectivity index (χ1n) is 5.18. The molecule has 0 heterocycles. The van der Waals surface area contributed by atoms with Crippen LogP contribution in [0.15, 0.2) is 42.5 Å². The van der Waals surface area contributed by atoms with Gasteiger partial charge in [-0.15, -0.1) is 0 Å². The Hall–Kier alpha value is -2.16. The molecule has 2 aromatic rings. The Kier molecular flexibility index (Phi) is 2.91. The van der Waals surface area contributed by atoms with E-state index in [1.807, 2.05) is 6.92 Å². The monoisotopic (exact) mass is 230 g/mol. The lowest BCUT2D eigenvalue weighted by atomic mass is 10.0. The first-order chi connectivity index (χ1) is 8.08. The maximum absolute atomic E-state index is 13.6. The topological polar surface area (TPSA) is 37.3 Å². The lowest BCUT2D eigenvalue weighted by Crippen LogP contribution is -1.96. The second-order valence-corrected chi connectivity index (χ2v) is 3.87. The molecule has 0 bridgehead atoms. The summed E-state index contributed by atoms with van der Waals surface area (Å²) in [6, 6.07) is 11.0. The van der Waals surface area contributed by atoms with Crippen molar-refractivity contribution in [2.45, 2.75) is 6.92 Å². The normalized spacial score (nSPS) is 10.2. The number of hydrogen-bond donors (Lipinski definition) is 1. The summed E-state index contributed by atoms with van der Waals surface area (Å²) in [5.74, 6) is -1.36. The van der Waals surface area contributed by atoms with Crippen LogP contribution < -0.4 is 0 Å². The highest BCUT2D eigenvalue weighted by molar-refractivity contribution is 5.89. The van der Waals surface area contributed by atoms with Crippen LogP contribution in [0.4, 0.5) is 4.39 Å². The van der Waals surface area contributed by atoms with E-state index in [9.17, 15) is 9.18 Å². The molecule has 86 valence electrons. The van der Waals surface area contributed by atoms with Gasteiger partial charge >= 0.3 is 5.97 Å². The number of carbonyl (C=O) groups is 1. The molecule has 0 unspecified atom stereocenters. The Labute approximate surface area is 98.3 Å². The van der Waals surface area contributed by atoms with Crippen LogP contribution in [0, 0.1) is 12.7 Å². The minimum atomic E-state index is -1.01. The molecule has 2 aromatic carbocycles. The number of carboxylic acids is 1. The Balaban J connectivity index is 2.56. The number of carboxylic acid groups (broad SMARTS) is 1. The molecule has 2 nitrogen and oxygen atoms in total. The first kappa shape index (κ1) is 11.3. The van der Waals surface area contributed by atoms with E-state index >= 15 is 0 Å². The average Bonchev–Trinajstić information content (AvgIpc) is 2.32. The van der Waals surface area contributed by atoms with Gasteiger partial charge in [-0.3, -0.25) is 0 Å². The summed E-state index contributed by atoms with van der Waals surface area (Å²) >= 11 is 0. The molecular formula is C14H11FO2. The molecule has 1 N–H and O–H groups in total. The standard InChI is InChI=1S/C14H11FO2/c1-9-5-6-13(15)12(7-9)10-3-2-4-11(8-10)14(16)17/h2-8H,1H3,(H,16,17). The lowest BCUT2D eigenvalue weighted by molar-refractivity contribution is 0.0697. The number of aryl methyl sites for hydroxylation is 1.